The lowest BCUT2D eigenvalue weighted by Gasteiger charge is -2.41. The van der Waals surface area contributed by atoms with E-state index in [2.05, 4.69) is 18.0 Å². The third kappa shape index (κ3) is 17.7. The quantitative estimate of drug-likeness (QED) is 0.0670. The number of aliphatic hydroxyl groups excluding tert-OH is 3. The summed E-state index contributed by atoms with van der Waals surface area (Å²) in [7, 11) is -5.04. The van der Waals surface area contributed by atoms with Gasteiger partial charge in [0, 0.05) is 13.0 Å². The summed E-state index contributed by atoms with van der Waals surface area (Å²) in [5.74, 6) is -0.409. The molecule has 4 N–H and O–H groups in total. The van der Waals surface area contributed by atoms with E-state index < -0.39 is 59.8 Å². The Morgan fingerprint density at radius 1 is 0.829 bits per heavy atom. The molecule has 0 spiro atoms. The van der Waals surface area contributed by atoms with Gasteiger partial charge in [0.15, 0.2) is 6.29 Å². The first kappa shape index (κ1) is 38.1. The molecule has 0 bridgehead atoms. The third-order valence-corrected chi connectivity index (χ3v) is 7.44. The highest BCUT2D eigenvalue weighted by molar-refractivity contribution is 7.80. The second-order valence-electron chi connectivity index (χ2n) is 10.7. The lowest BCUT2D eigenvalue weighted by Crippen LogP contribution is -2.60. The van der Waals surface area contributed by atoms with E-state index in [-0.39, 0.29) is 19.6 Å². The molecule has 12 nitrogen and oxygen atoms in total. The molecule has 1 fully saturated rings. The lowest BCUT2D eigenvalue weighted by molar-refractivity contribution is -0.301. The molecule has 0 amide bonds. The van der Waals surface area contributed by atoms with Crippen molar-refractivity contribution >= 4 is 16.4 Å². The number of hydrogen-bond acceptors (Lipinski definition) is 11. The zero-order chi connectivity index (χ0) is 30.5. The number of esters is 1. The topological polar surface area (TPSA) is 178 Å². The van der Waals surface area contributed by atoms with Gasteiger partial charge in [0.25, 0.3) is 0 Å². The lowest BCUT2D eigenvalue weighted by atomic mass is 9.99. The molecule has 1 heterocycles. The van der Waals surface area contributed by atoms with Crippen LogP contribution in [0.1, 0.15) is 110 Å². The summed E-state index contributed by atoms with van der Waals surface area (Å²) in [6, 6.07) is 0. The predicted octanol–water partition coefficient (Wildman–Crippen LogP) is 3.45. The van der Waals surface area contributed by atoms with Crippen LogP contribution in [-0.2, 0) is 38.3 Å². The maximum atomic E-state index is 12.5. The second kappa shape index (κ2) is 22.6. The Morgan fingerprint density at radius 2 is 1.39 bits per heavy atom. The van der Waals surface area contributed by atoms with Crippen LogP contribution in [0, 0.1) is 0 Å². The largest absolute Gasteiger partial charge is 0.457 e. The molecule has 0 radical (unpaired) electrons. The Hall–Kier alpha value is -0.900. The highest BCUT2D eigenvalue weighted by Crippen LogP contribution is 2.26. The van der Waals surface area contributed by atoms with Gasteiger partial charge >= 0.3 is 16.4 Å². The van der Waals surface area contributed by atoms with Crippen molar-refractivity contribution in [2.45, 2.75) is 147 Å². The number of unbranched alkanes of at least 4 members (excludes halogenated alkanes) is 12. The van der Waals surface area contributed by atoms with Gasteiger partial charge in [-0.25, -0.2) is 4.18 Å². The van der Waals surface area contributed by atoms with E-state index >= 15 is 0 Å². The van der Waals surface area contributed by atoms with Crippen molar-refractivity contribution in [2.75, 3.05) is 26.4 Å². The minimum Gasteiger partial charge on any atom is -0.457 e. The van der Waals surface area contributed by atoms with Crippen LogP contribution in [0.4, 0.5) is 0 Å². The normalized spacial score (nSPS) is 23.9. The van der Waals surface area contributed by atoms with Gasteiger partial charge < -0.3 is 34.3 Å². The number of aliphatic hydroxyl groups is 3. The Balaban J connectivity index is 2.64. The van der Waals surface area contributed by atoms with E-state index in [0.717, 1.165) is 38.5 Å². The Kier molecular flexibility index (Phi) is 21.0. The van der Waals surface area contributed by atoms with Crippen molar-refractivity contribution in [3.63, 3.8) is 0 Å². The van der Waals surface area contributed by atoms with Crippen LogP contribution in [0.15, 0.2) is 0 Å². The molecule has 0 aromatic carbocycles. The van der Waals surface area contributed by atoms with Gasteiger partial charge in [-0.05, 0) is 12.8 Å². The maximum absolute atomic E-state index is 12.5. The zero-order valence-corrected chi connectivity index (χ0v) is 25.7. The van der Waals surface area contributed by atoms with Crippen LogP contribution in [0.3, 0.4) is 0 Å². The summed E-state index contributed by atoms with van der Waals surface area (Å²) in [6.07, 6.45) is 6.32. The summed E-state index contributed by atoms with van der Waals surface area (Å²) < 4.78 is 58.1. The number of carbonyl (C=O) groups excluding carboxylic acids is 1. The number of carbonyl (C=O) groups is 1. The van der Waals surface area contributed by atoms with Gasteiger partial charge in [-0.2, -0.15) is 8.42 Å². The Labute approximate surface area is 246 Å². The fourth-order valence-electron chi connectivity index (χ4n) is 4.61. The molecule has 0 aliphatic carbocycles. The SMILES string of the molecule is CCCCCCCCCOCC(COC1OC(CO)C(O)C(OS(=O)(=O)O)C1O)OC(=O)CCCCCCCCC. The minimum absolute atomic E-state index is 0.0401. The average Bonchev–Trinajstić information content (AvgIpc) is 2.92. The fraction of sp³-hybridized carbons (Fsp3) is 0.964. The summed E-state index contributed by atoms with van der Waals surface area (Å²) in [6.45, 7) is 3.85. The average molecular weight is 615 g/mol. The molecule has 1 saturated heterocycles. The molecule has 41 heavy (non-hydrogen) atoms. The molecule has 0 aromatic rings. The summed E-state index contributed by atoms with van der Waals surface area (Å²) in [5.41, 5.74) is 0. The molecule has 244 valence electrons. The van der Waals surface area contributed by atoms with Crippen LogP contribution in [0.5, 0.6) is 0 Å². The van der Waals surface area contributed by atoms with Gasteiger partial charge in [0.1, 0.15) is 30.5 Å². The Bertz CT molecular complexity index is 765. The fourth-order valence-corrected chi connectivity index (χ4v) is 5.12. The van der Waals surface area contributed by atoms with Gasteiger partial charge in [-0.1, -0.05) is 90.9 Å². The van der Waals surface area contributed by atoms with E-state index in [9.17, 15) is 28.5 Å². The molecule has 1 rings (SSSR count). The van der Waals surface area contributed by atoms with Crippen LogP contribution in [0.25, 0.3) is 0 Å². The highest BCUT2D eigenvalue weighted by atomic mass is 32.3. The second-order valence-corrected chi connectivity index (χ2v) is 11.8. The summed E-state index contributed by atoms with van der Waals surface area (Å²) in [4.78, 5) is 12.5. The van der Waals surface area contributed by atoms with Crippen molar-refractivity contribution in [3.05, 3.63) is 0 Å². The van der Waals surface area contributed by atoms with E-state index in [1.54, 1.807) is 0 Å². The molecule has 13 heteroatoms. The molecule has 6 atom stereocenters. The molecule has 0 saturated carbocycles. The summed E-state index contributed by atoms with van der Waals surface area (Å²) >= 11 is 0. The van der Waals surface area contributed by atoms with Gasteiger partial charge in [0.2, 0.25) is 0 Å². The molecule has 1 aliphatic rings. The molecular weight excluding hydrogens is 560 g/mol. The first-order chi connectivity index (χ1) is 19.6. The molecular formula is C28H54O12S. The standard InChI is InChI=1S/C28H54O12S/c1-3-5-7-9-11-13-15-17-24(30)38-22(20-36-18-16-14-12-10-8-6-4-2)21-37-28-26(32)27(40-41(33,34)35)25(31)23(19-29)39-28/h22-23,25-29,31-32H,3-21H2,1-2H3,(H,33,34,35). The smallest absolute Gasteiger partial charge is 0.397 e. The predicted molar refractivity (Wildman–Crippen MR) is 151 cm³/mol. The van der Waals surface area contributed by atoms with Crippen LogP contribution >= 0.6 is 0 Å². The zero-order valence-electron chi connectivity index (χ0n) is 24.9. The number of hydrogen-bond donors (Lipinski definition) is 4. The molecule has 0 aromatic heterocycles. The molecule has 6 unspecified atom stereocenters. The maximum Gasteiger partial charge on any atom is 0.397 e. The Morgan fingerprint density at radius 3 is 1.95 bits per heavy atom. The van der Waals surface area contributed by atoms with Crippen molar-refractivity contribution < 1.29 is 56.2 Å². The summed E-state index contributed by atoms with van der Waals surface area (Å²) in [5, 5.41) is 30.2. The van der Waals surface area contributed by atoms with E-state index in [1.807, 2.05) is 0 Å². The minimum atomic E-state index is -5.04. The van der Waals surface area contributed by atoms with Crippen molar-refractivity contribution in [2.24, 2.45) is 0 Å². The molecule has 1 aliphatic heterocycles. The van der Waals surface area contributed by atoms with Gasteiger partial charge in [0.05, 0.1) is 19.8 Å². The number of rotatable bonds is 25. The highest BCUT2D eigenvalue weighted by Gasteiger charge is 2.48. The third-order valence-electron chi connectivity index (χ3n) is 6.98. The number of ether oxygens (including phenoxy) is 4. The first-order valence-electron chi connectivity index (χ1n) is 15.3. The van der Waals surface area contributed by atoms with Gasteiger partial charge in [-0.15, -0.1) is 0 Å². The van der Waals surface area contributed by atoms with E-state index in [1.165, 1.54) is 44.9 Å². The van der Waals surface area contributed by atoms with Crippen molar-refractivity contribution in [1.82, 2.24) is 0 Å². The van der Waals surface area contributed by atoms with E-state index in [4.69, 9.17) is 23.5 Å². The van der Waals surface area contributed by atoms with Crippen LogP contribution in [0.2, 0.25) is 0 Å². The van der Waals surface area contributed by atoms with Gasteiger partial charge in [-0.3, -0.25) is 9.35 Å². The van der Waals surface area contributed by atoms with Crippen LogP contribution < -0.4 is 0 Å². The van der Waals surface area contributed by atoms with Crippen LogP contribution in [-0.4, -0.2) is 97.5 Å². The van der Waals surface area contributed by atoms with Crippen molar-refractivity contribution in [3.8, 4) is 0 Å². The van der Waals surface area contributed by atoms with E-state index in [0.29, 0.717) is 13.0 Å². The van der Waals surface area contributed by atoms with Crippen molar-refractivity contribution in [1.29, 1.82) is 0 Å². The first-order valence-corrected chi connectivity index (χ1v) is 16.7. The monoisotopic (exact) mass is 614 g/mol.